The number of benzene rings is 1. The van der Waals surface area contributed by atoms with Crippen LogP contribution in [0.2, 0.25) is 0 Å². The quantitative estimate of drug-likeness (QED) is 0.830. The normalized spacial score (nSPS) is 17.0. The van der Waals surface area contributed by atoms with Gasteiger partial charge in [0.25, 0.3) is 5.91 Å². The number of aromatic nitrogens is 2. The summed E-state index contributed by atoms with van der Waals surface area (Å²) < 4.78 is 25.5. The van der Waals surface area contributed by atoms with E-state index in [0.29, 0.717) is 43.8 Å². The lowest BCUT2D eigenvalue weighted by Crippen LogP contribution is -2.38. The van der Waals surface area contributed by atoms with Crippen molar-refractivity contribution >= 4 is 27.0 Å². The summed E-state index contributed by atoms with van der Waals surface area (Å²) in [6, 6.07) is 7.38. The van der Waals surface area contributed by atoms with Crippen molar-refractivity contribution in [3.63, 3.8) is 0 Å². The fraction of sp³-hybridized carbons (Fsp3) is 0.438. The molecule has 1 saturated heterocycles. The van der Waals surface area contributed by atoms with Gasteiger partial charge in [-0.3, -0.25) is 9.78 Å². The van der Waals surface area contributed by atoms with Gasteiger partial charge < -0.3 is 4.90 Å². The third-order valence-electron chi connectivity index (χ3n) is 4.17. The van der Waals surface area contributed by atoms with Crippen molar-refractivity contribution in [1.29, 1.82) is 0 Å². The zero-order chi connectivity index (χ0) is 17.2. The van der Waals surface area contributed by atoms with Crippen molar-refractivity contribution in [2.45, 2.75) is 13.3 Å². The molecule has 24 heavy (non-hydrogen) atoms. The van der Waals surface area contributed by atoms with Crippen molar-refractivity contribution < 1.29 is 13.2 Å². The van der Waals surface area contributed by atoms with Gasteiger partial charge in [0.1, 0.15) is 5.69 Å². The molecule has 0 N–H and O–H groups in total. The Morgan fingerprint density at radius 3 is 2.62 bits per heavy atom. The Morgan fingerprint density at radius 1 is 1.12 bits per heavy atom. The Morgan fingerprint density at radius 2 is 1.88 bits per heavy atom. The first-order valence-corrected chi connectivity index (χ1v) is 9.61. The minimum absolute atomic E-state index is 0.0805. The van der Waals surface area contributed by atoms with E-state index < -0.39 is 10.0 Å². The molecule has 2 heterocycles. The number of hydrogen-bond donors (Lipinski definition) is 0. The van der Waals surface area contributed by atoms with Crippen LogP contribution < -0.4 is 0 Å². The Bertz CT molecular complexity index is 853. The molecule has 0 bridgehead atoms. The second-order valence-corrected chi connectivity index (χ2v) is 7.95. The second kappa shape index (κ2) is 6.82. The molecular weight excluding hydrogens is 328 g/mol. The lowest BCUT2D eigenvalue weighted by atomic mass is 10.2. The molecular formula is C16H20N4O3S. The van der Waals surface area contributed by atoms with Gasteiger partial charge in [-0.15, -0.1) is 0 Å². The lowest BCUT2D eigenvalue weighted by molar-refractivity contribution is 0.0758. The van der Waals surface area contributed by atoms with Crippen LogP contribution >= 0.6 is 0 Å². The molecule has 0 unspecified atom stereocenters. The van der Waals surface area contributed by atoms with Crippen LogP contribution in [0.3, 0.4) is 0 Å². The molecule has 1 fully saturated rings. The van der Waals surface area contributed by atoms with E-state index in [1.807, 2.05) is 24.3 Å². The average molecular weight is 348 g/mol. The summed E-state index contributed by atoms with van der Waals surface area (Å²) in [6.45, 7) is 3.29. The fourth-order valence-electron chi connectivity index (χ4n) is 2.78. The fourth-order valence-corrected chi connectivity index (χ4v) is 3.91. The molecule has 1 aromatic carbocycles. The highest BCUT2D eigenvalue weighted by molar-refractivity contribution is 7.89. The highest BCUT2D eigenvalue weighted by atomic mass is 32.2. The maximum absolute atomic E-state index is 12.7. The highest BCUT2D eigenvalue weighted by Gasteiger charge is 2.26. The Hall–Kier alpha value is -2.06. The van der Waals surface area contributed by atoms with Gasteiger partial charge in [0, 0.05) is 26.2 Å². The highest BCUT2D eigenvalue weighted by Crippen LogP contribution is 2.13. The topological polar surface area (TPSA) is 83.5 Å². The summed E-state index contributed by atoms with van der Waals surface area (Å²) in [5.74, 6) is -0.124. The SMILES string of the molecule is CCS(=O)(=O)N1CCCN(C(=O)c2cnc3ccccc3n2)CC1. The van der Waals surface area contributed by atoms with E-state index in [0.717, 1.165) is 5.52 Å². The van der Waals surface area contributed by atoms with Crippen LogP contribution in [-0.4, -0.2) is 65.4 Å². The van der Waals surface area contributed by atoms with Gasteiger partial charge in [-0.05, 0) is 25.5 Å². The van der Waals surface area contributed by atoms with Crippen molar-refractivity contribution in [3.05, 3.63) is 36.2 Å². The molecule has 0 spiro atoms. The zero-order valence-corrected chi connectivity index (χ0v) is 14.4. The summed E-state index contributed by atoms with van der Waals surface area (Å²) in [7, 11) is -3.22. The van der Waals surface area contributed by atoms with Crippen LogP contribution in [0.25, 0.3) is 11.0 Å². The molecule has 0 saturated carbocycles. The van der Waals surface area contributed by atoms with Crippen LogP contribution in [0.1, 0.15) is 23.8 Å². The Balaban J connectivity index is 1.77. The van der Waals surface area contributed by atoms with Gasteiger partial charge >= 0.3 is 0 Å². The number of amides is 1. The predicted octanol–water partition coefficient (Wildman–Crippen LogP) is 1.13. The molecule has 3 rings (SSSR count). The summed E-state index contributed by atoms with van der Waals surface area (Å²) in [4.78, 5) is 23.0. The van der Waals surface area contributed by atoms with Gasteiger partial charge in [0.15, 0.2) is 0 Å². The Labute approximate surface area is 141 Å². The molecule has 0 atom stereocenters. The monoisotopic (exact) mass is 348 g/mol. The standard InChI is InChI=1S/C16H20N4O3S/c1-2-24(22,23)20-9-5-8-19(10-11-20)16(21)15-12-17-13-6-3-4-7-14(13)18-15/h3-4,6-7,12H,2,5,8-11H2,1H3. The molecule has 8 heteroatoms. The van der Waals surface area contributed by atoms with E-state index in [4.69, 9.17) is 0 Å². The first-order valence-electron chi connectivity index (χ1n) is 8.00. The van der Waals surface area contributed by atoms with Crippen LogP contribution in [0, 0.1) is 0 Å². The summed E-state index contributed by atoms with van der Waals surface area (Å²) in [5.41, 5.74) is 1.71. The predicted molar refractivity (Wildman–Crippen MR) is 91.1 cm³/mol. The third kappa shape index (κ3) is 3.39. The minimum Gasteiger partial charge on any atom is -0.336 e. The number of hydrogen-bond acceptors (Lipinski definition) is 5. The van der Waals surface area contributed by atoms with Crippen LogP contribution in [0.4, 0.5) is 0 Å². The smallest absolute Gasteiger partial charge is 0.274 e. The van der Waals surface area contributed by atoms with Crippen molar-refractivity contribution in [3.8, 4) is 0 Å². The minimum atomic E-state index is -3.22. The third-order valence-corrected chi connectivity index (χ3v) is 6.05. The van der Waals surface area contributed by atoms with E-state index >= 15 is 0 Å². The van der Waals surface area contributed by atoms with Crippen LogP contribution in [-0.2, 0) is 10.0 Å². The average Bonchev–Trinajstić information content (AvgIpc) is 2.87. The first-order chi connectivity index (χ1) is 11.5. The molecule has 128 valence electrons. The number of carbonyl (C=O) groups excluding carboxylic acids is 1. The van der Waals surface area contributed by atoms with Crippen molar-refractivity contribution in [2.24, 2.45) is 0 Å². The van der Waals surface area contributed by atoms with E-state index in [9.17, 15) is 13.2 Å². The number of carbonyl (C=O) groups is 1. The maximum Gasteiger partial charge on any atom is 0.274 e. The van der Waals surface area contributed by atoms with Crippen molar-refractivity contribution in [2.75, 3.05) is 31.9 Å². The molecule has 0 aliphatic carbocycles. The summed E-state index contributed by atoms with van der Waals surface area (Å²) in [5, 5.41) is 0. The largest absolute Gasteiger partial charge is 0.336 e. The number of nitrogens with zero attached hydrogens (tertiary/aromatic N) is 4. The van der Waals surface area contributed by atoms with Gasteiger partial charge in [-0.1, -0.05) is 12.1 Å². The van der Waals surface area contributed by atoms with Gasteiger partial charge in [-0.25, -0.2) is 17.7 Å². The number of rotatable bonds is 3. The van der Waals surface area contributed by atoms with Crippen LogP contribution in [0.15, 0.2) is 30.5 Å². The molecule has 1 aliphatic rings. The first kappa shape index (κ1) is 16.8. The molecule has 7 nitrogen and oxygen atoms in total. The second-order valence-electron chi connectivity index (χ2n) is 5.69. The Kier molecular flexibility index (Phi) is 4.77. The van der Waals surface area contributed by atoms with E-state index in [2.05, 4.69) is 9.97 Å². The van der Waals surface area contributed by atoms with Crippen molar-refractivity contribution in [1.82, 2.24) is 19.2 Å². The van der Waals surface area contributed by atoms with E-state index in [-0.39, 0.29) is 11.7 Å². The maximum atomic E-state index is 12.7. The summed E-state index contributed by atoms with van der Waals surface area (Å²) >= 11 is 0. The molecule has 1 aliphatic heterocycles. The zero-order valence-electron chi connectivity index (χ0n) is 13.6. The van der Waals surface area contributed by atoms with E-state index in [1.54, 1.807) is 11.8 Å². The lowest BCUT2D eigenvalue weighted by Gasteiger charge is -2.21. The summed E-state index contributed by atoms with van der Waals surface area (Å²) in [6.07, 6.45) is 2.10. The molecule has 1 amide bonds. The number of sulfonamides is 1. The van der Waals surface area contributed by atoms with Gasteiger partial charge in [0.05, 0.1) is 23.0 Å². The molecule has 1 aromatic heterocycles. The number of fused-ring (bicyclic) bond motifs is 1. The van der Waals surface area contributed by atoms with Gasteiger partial charge in [-0.2, -0.15) is 0 Å². The van der Waals surface area contributed by atoms with Gasteiger partial charge in [0.2, 0.25) is 10.0 Å². The molecule has 0 radical (unpaired) electrons. The van der Waals surface area contributed by atoms with E-state index in [1.165, 1.54) is 10.5 Å². The molecule has 2 aromatic rings. The van der Waals surface area contributed by atoms with Crippen LogP contribution in [0.5, 0.6) is 0 Å². The number of para-hydroxylation sites is 2.